The molecule has 1 heterocycles. The first-order valence-corrected chi connectivity index (χ1v) is 7.00. The van der Waals surface area contributed by atoms with Crippen molar-refractivity contribution in [3.63, 3.8) is 0 Å². The molecule has 1 aromatic rings. The van der Waals surface area contributed by atoms with Crippen LogP contribution in [0.5, 0.6) is 0 Å². The number of amides is 1. The molecule has 0 radical (unpaired) electrons. The molecule has 3 nitrogen and oxygen atoms in total. The van der Waals surface area contributed by atoms with E-state index in [9.17, 15) is 4.79 Å². The quantitative estimate of drug-likeness (QED) is 0.848. The number of hydrogen-bond acceptors (Lipinski definition) is 2. The van der Waals surface area contributed by atoms with Crippen LogP contribution in [0.3, 0.4) is 0 Å². The number of piperidine rings is 1. The van der Waals surface area contributed by atoms with E-state index in [1.807, 2.05) is 29.2 Å². The van der Waals surface area contributed by atoms with Crippen molar-refractivity contribution in [1.29, 1.82) is 0 Å². The van der Waals surface area contributed by atoms with Crippen molar-refractivity contribution in [3.8, 4) is 0 Å². The first kappa shape index (κ1) is 16.5. The predicted molar refractivity (Wildman–Crippen MR) is 83.7 cm³/mol. The highest BCUT2D eigenvalue weighted by atomic mass is 79.9. The van der Waals surface area contributed by atoms with Crippen molar-refractivity contribution in [2.75, 3.05) is 13.1 Å². The Kier molecular flexibility index (Phi) is 5.42. The number of carbonyl (C=O) groups is 1. The van der Waals surface area contributed by atoms with Gasteiger partial charge in [0, 0.05) is 29.2 Å². The van der Waals surface area contributed by atoms with Crippen LogP contribution >= 0.6 is 28.3 Å². The number of rotatable bonds is 1. The van der Waals surface area contributed by atoms with Gasteiger partial charge in [-0.1, -0.05) is 29.8 Å². The highest BCUT2D eigenvalue weighted by Crippen LogP contribution is 2.28. The number of hydrogen-bond donors (Lipinski definition) is 1. The van der Waals surface area contributed by atoms with Crippen LogP contribution in [0.4, 0.5) is 0 Å². The zero-order valence-electron chi connectivity index (χ0n) is 11.2. The molecule has 2 N–H and O–H groups in total. The molecular formula is C14H20BrClN2O. The lowest BCUT2D eigenvalue weighted by atomic mass is 9.79. The van der Waals surface area contributed by atoms with Gasteiger partial charge in [0.1, 0.15) is 0 Å². The highest BCUT2D eigenvalue weighted by molar-refractivity contribution is 9.10. The minimum Gasteiger partial charge on any atom is -0.338 e. The number of carbonyl (C=O) groups excluding carboxylic acids is 1. The molecule has 1 fully saturated rings. The Morgan fingerprint density at radius 2 is 1.95 bits per heavy atom. The van der Waals surface area contributed by atoms with Crippen molar-refractivity contribution in [2.24, 2.45) is 11.1 Å². The topological polar surface area (TPSA) is 46.3 Å². The lowest BCUT2D eigenvalue weighted by Gasteiger charge is -2.42. The van der Waals surface area contributed by atoms with Gasteiger partial charge in [-0.05, 0) is 36.1 Å². The standard InChI is InChI=1S/C14H19BrN2O.ClH/c1-14(2)9-17(8-7-12(14)16)13(18)10-3-5-11(15)6-4-10;/h3-6,12H,7-9,16H2,1-2H3;1H. The number of likely N-dealkylation sites (tertiary alicyclic amines) is 1. The fraction of sp³-hybridized carbons (Fsp3) is 0.500. The van der Waals surface area contributed by atoms with E-state index in [0.717, 1.165) is 29.5 Å². The third-order valence-corrected chi connectivity index (χ3v) is 4.22. The van der Waals surface area contributed by atoms with E-state index in [1.54, 1.807) is 0 Å². The maximum Gasteiger partial charge on any atom is 0.253 e. The van der Waals surface area contributed by atoms with Gasteiger partial charge in [-0.3, -0.25) is 4.79 Å². The van der Waals surface area contributed by atoms with Gasteiger partial charge in [0.25, 0.3) is 5.91 Å². The summed E-state index contributed by atoms with van der Waals surface area (Å²) in [5.41, 5.74) is 6.82. The minimum absolute atomic E-state index is 0. The molecule has 0 aliphatic carbocycles. The summed E-state index contributed by atoms with van der Waals surface area (Å²) in [6.45, 7) is 5.72. The largest absolute Gasteiger partial charge is 0.338 e. The Balaban J connectivity index is 0.00000180. The molecule has 5 heteroatoms. The Morgan fingerprint density at radius 3 is 2.47 bits per heavy atom. The molecule has 1 aromatic carbocycles. The summed E-state index contributed by atoms with van der Waals surface area (Å²) < 4.78 is 0.986. The van der Waals surface area contributed by atoms with Crippen molar-refractivity contribution in [2.45, 2.75) is 26.3 Å². The van der Waals surface area contributed by atoms with Gasteiger partial charge in [0.05, 0.1) is 0 Å². The molecular weight excluding hydrogens is 328 g/mol. The number of nitrogens with zero attached hydrogens (tertiary/aromatic N) is 1. The zero-order valence-corrected chi connectivity index (χ0v) is 13.6. The number of halogens is 2. The monoisotopic (exact) mass is 346 g/mol. The summed E-state index contributed by atoms with van der Waals surface area (Å²) >= 11 is 3.38. The molecule has 0 spiro atoms. The second kappa shape index (κ2) is 6.25. The van der Waals surface area contributed by atoms with Crippen molar-refractivity contribution in [3.05, 3.63) is 34.3 Å². The van der Waals surface area contributed by atoms with E-state index in [0.29, 0.717) is 0 Å². The average Bonchev–Trinajstić information content (AvgIpc) is 2.33. The van der Waals surface area contributed by atoms with E-state index >= 15 is 0 Å². The van der Waals surface area contributed by atoms with E-state index in [1.165, 1.54) is 0 Å². The Bertz CT molecular complexity index is 447. The Labute approximate surface area is 129 Å². The molecule has 2 rings (SSSR count). The van der Waals surface area contributed by atoms with Gasteiger partial charge in [-0.25, -0.2) is 0 Å². The van der Waals surface area contributed by atoms with Crippen molar-refractivity contribution < 1.29 is 4.79 Å². The van der Waals surface area contributed by atoms with Crippen LogP contribution in [0.15, 0.2) is 28.7 Å². The van der Waals surface area contributed by atoms with Crippen LogP contribution in [0, 0.1) is 5.41 Å². The van der Waals surface area contributed by atoms with Gasteiger partial charge in [-0.2, -0.15) is 0 Å². The van der Waals surface area contributed by atoms with Crippen molar-refractivity contribution in [1.82, 2.24) is 4.90 Å². The van der Waals surface area contributed by atoms with E-state index < -0.39 is 0 Å². The van der Waals surface area contributed by atoms with Gasteiger partial charge >= 0.3 is 0 Å². The van der Waals surface area contributed by atoms with E-state index in [4.69, 9.17) is 5.73 Å². The van der Waals surface area contributed by atoms with Gasteiger partial charge in [0.15, 0.2) is 0 Å². The van der Waals surface area contributed by atoms with Crippen LogP contribution in [0.25, 0.3) is 0 Å². The van der Waals surface area contributed by atoms with E-state index in [-0.39, 0.29) is 29.8 Å². The van der Waals surface area contributed by atoms with Gasteiger partial charge in [0.2, 0.25) is 0 Å². The maximum absolute atomic E-state index is 12.4. The van der Waals surface area contributed by atoms with E-state index in [2.05, 4.69) is 29.8 Å². The summed E-state index contributed by atoms with van der Waals surface area (Å²) in [5.74, 6) is 0.0995. The van der Waals surface area contributed by atoms with Crippen molar-refractivity contribution >= 4 is 34.2 Å². The highest BCUT2D eigenvalue weighted by Gasteiger charge is 2.35. The first-order chi connectivity index (χ1) is 8.40. The summed E-state index contributed by atoms with van der Waals surface area (Å²) in [4.78, 5) is 14.3. The smallest absolute Gasteiger partial charge is 0.253 e. The molecule has 1 atom stereocenters. The molecule has 19 heavy (non-hydrogen) atoms. The molecule has 106 valence electrons. The maximum atomic E-state index is 12.4. The van der Waals surface area contributed by atoms with Crippen LogP contribution in [0.1, 0.15) is 30.6 Å². The Morgan fingerprint density at radius 1 is 1.37 bits per heavy atom. The second-order valence-electron chi connectivity index (χ2n) is 5.62. The van der Waals surface area contributed by atoms with Gasteiger partial charge in [-0.15, -0.1) is 12.4 Å². The summed E-state index contributed by atoms with van der Waals surface area (Å²) in [6, 6.07) is 7.68. The zero-order chi connectivity index (χ0) is 13.3. The second-order valence-corrected chi connectivity index (χ2v) is 6.53. The fourth-order valence-electron chi connectivity index (χ4n) is 2.32. The molecule has 1 saturated heterocycles. The summed E-state index contributed by atoms with van der Waals surface area (Å²) in [6.07, 6.45) is 0.870. The molecule has 1 aliphatic heterocycles. The Hall–Kier alpha value is -0.580. The molecule has 0 saturated carbocycles. The molecule has 1 aliphatic rings. The third-order valence-electron chi connectivity index (χ3n) is 3.69. The van der Waals surface area contributed by atoms with Gasteiger partial charge < -0.3 is 10.6 Å². The fourth-order valence-corrected chi connectivity index (χ4v) is 2.59. The molecule has 0 bridgehead atoms. The lowest BCUT2D eigenvalue weighted by Crippen LogP contribution is -2.53. The van der Waals surface area contributed by atoms with Crippen LogP contribution in [0.2, 0.25) is 0 Å². The average molecular weight is 348 g/mol. The predicted octanol–water partition coefficient (Wildman–Crippen LogP) is 3.07. The minimum atomic E-state index is -0.0106. The normalized spacial score (nSPS) is 21.7. The SMILES string of the molecule is CC1(C)CN(C(=O)c2ccc(Br)cc2)CCC1N.Cl. The van der Waals surface area contributed by atoms with Crippen LogP contribution < -0.4 is 5.73 Å². The number of benzene rings is 1. The summed E-state index contributed by atoms with van der Waals surface area (Å²) in [5, 5.41) is 0. The molecule has 1 amide bonds. The lowest BCUT2D eigenvalue weighted by molar-refractivity contribution is 0.0533. The van der Waals surface area contributed by atoms with Crippen LogP contribution in [-0.2, 0) is 0 Å². The molecule has 1 unspecified atom stereocenters. The summed E-state index contributed by atoms with van der Waals surface area (Å²) in [7, 11) is 0. The number of nitrogens with two attached hydrogens (primary N) is 1. The van der Waals surface area contributed by atoms with Crippen LogP contribution in [-0.4, -0.2) is 29.9 Å². The first-order valence-electron chi connectivity index (χ1n) is 6.20. The molecule has 0 aromatic heterocycles. The third kappa shape index (κ3) is 3.71.